The molecule has 7 aromatic rings. The molecule has 2 fully saturated rings. The van der Waals surface area contributed by atoms with E-state index in [1.807, 2.05) is 18.2 Å². The molecule has 9 amide bonds. The summed E-state index contributed by atoms with van der Waals surface area (Å²) in [7, 11) is 0. The molecule has 0 spiro atoms. The van der Waals surface area contributed by atoms with E-state index >= 15 is 28.4 Å². The molecule has 0 saturated carbocycles. The predicted octanol–water partition coefficient (Wildman–Crippen LogP) is 5.03. The van der Waals surface area contributed by atoms with Crippen LogP contribution in [0.2, 0.25) is 0 Å². The van der Waals surface area contributed by atoms with Crippen molar-refractivity contribution in [2.45, 2.75) is 137 Å². The fourth-order valence-electron chi connectivity index (χ4n) is 13.0. The highest BCUT2D eigenvalue weighted by Crippen LogP contribution is 2.32. The van der Waals surface area contributed by atoms with E-state index in [9.17, 15) is 28.7 Å². The van der Waals surface area contributed by atoms with E-state index in [2.05, 4.69) is 58.2 Å². The van der Waals surface area contributed by atoms with E-state index in [4.69, 9.17) is 5.73 Å². The molecule has 12 N–H and O–H groups in total. The van der Waals surface area contributed by atoms with Crippen LogP contribution < -0.4 is 43.0 Å². The molecule has 5 aromatic carbocycles. The molecular weight excluding hydrogens is 1300 g/mol. The van der Waals surface area contributed by atoms with Crippen LogP contribution in [0, 0.1) is 11.6 Å². The third-order valence-electron chi connectivity index (χ3n) is 18.2. The highest BCUT2D eigenvalue weighted by atomic mass is 32.2. The normalized spacial score (nSPS) is 23.0. The number of aromatic nitrogens is 3. The number of nitrogens with one attached hydrogen (secondary N) is 9. The first-order valence-electron chi connectivity index (χ1n) is 33.1. The van der Waals surface area contributed by atoms with Gasteiger partial charge in [-0.05, 0) is 139 Å². The number of benzene rings is 5. The lowest BCUT2D eigenvalue weighted by Gasteiger charge is -2.36. The molecule has 7 atom stereocenters. The molecule has 518 valence electrons. The number of phenols is 1. The van der Waals surface area contributed by atoms with Crippen molar-refractivity contribution in [3.63, 3.8) is 0 Å². The molecule has 23 nitrogen and oxygen atoms in total. The van der Waals surface area contributed by atoms with Crippen molar-refractivity contribution in [3.8, 4) is 5.75 Å². The van der Waals surface area contributed by atoms with Gasteiger partial charge in [0, 0.05) is 104 Å². The second-order valence-corrected chi connectivity index (χ2v) is 27.5. The highest BCUT2D eigenvalue weighted by molar-refractivity contribution is 7.98. The van der Waals surface area contributed by atoms with E-state index in [-0.39, 0.29) is 75.6 Å². The van der Waals surface area contributed by atoms with E-state index in [0.717, 1.165) is 11.1 Å². The number of amides is 9. The van der Waals surface area contributed by atoms with Crippen LogP contribution in [0.4, 0.5) is 8.78 Å². The van der Waals surface area contributed by atoms with Gasteiger partial charge in [0.05, 0.1) is 12.9 Å². The number of hydrogen-bond donors (Lipinski definition) is 11. The number of fused-ring (bicyclic) bond motifs is 6. The van der Waals surface area contributed by atoms with Crippen LogP contribution in [0.15, 0.2) is 122 Å². The second-order valence-electron chi connectivity index (χ2n) is 25.3. The van der Waals surface area contributed by atoms with Crippen molar-refractivity contribution in [3.05, 3.63) is 167 Å². The van der Waals surface area contributed by atoms with E-state index in [1.54, 1.807) is 73.0 Å². The third kappa shape index (κ3) is 18.6. The Balaban J connectivity index is 0.970. The van der Waals surface area contributed by atoms with Crippen molar-refractivity contribution in [2.75, 3.05) is 44.2 Å². The molecule has 2 saturated heterocycles. The third-order valence-corrected chi connectivity index (χ3v) is 20.2. The number of nitrogens with two attached hydrogens (primary N) is 1. The lowest BCUT2D eigenvalue weighted by Crippen LogP contribution is -2.62. The average molecular weight is 1380 g/mol. The van der Waals surface area contributed by atoms with E-state index < -0.39 is 101 Å². The largest absolute Gasteiger partial charge is 0.508 e. The Hall–Kier alpha value is -9.34. The summed E-state index contributed by atoms with van der Waals surface area (Å²) in [5.74, 6) is -4.87. The van der Waals surface area contributed by atoms with Crippen molar-refractivity contribution < 1.29 is 57.0 Å². The zero-order valence-electron chi connectivity index (χ0n) is 54.5. The quantitative estimate of drug-likeness (QED) is 0.0716. The van der Waals surface area contributed by atoms with Gasteiger partial charge in [-0.1, -0.05) is 60.7 Å². The summed E-state index contributed by atoms with van der Waals surface area (Å²) < 4.78 is 30.1. The molecular formula is C71H83F2N13O10S2. The predicted molar refractivity (Wildman–Crippen MR) is 370 cm³/mol. The first-order chi connectivity index (χ1) is 47.3. The molecule has 2 bridgehead atoms. The zero-order chi connectivity index (χ0) is 69.3. The monoisotopic (exact) mass is 1380 g/mol. The van der Waals surface area contributed by atoms with E-state index in [0.29, 0.717) is 112 Å². The minimum absolute atomic E-state index is 0.0107. The molecule has 2 aromatic heterocycles. The van der Waals surface area contributed by atoms with E-state index in [1.165, 1.54) is 64.8 Å². The zero-order valence-corrected chi connectivity index (χ0v) is 56.1. The highest BCUT2D eigenvalue weighted by Gasteiger charge is 2.48. The molecule has 27 heteroatoms. The van der Waals surface area contributed by atoms with Gasteiger partial charge in [0.15, 0.2) is 0 Å². The number of carbonyl (C=O) groups excluding carboxylic acids is 9. The summed E-state index contributed by atoms with van der Waals surface area (Å²) in [6, 6.07) is 19.5. The Morgan fingerprint density at radius 1 is 0.633 bits per heavy atom. The Morgan fingerprint density at radius 3 is 2.06 bits per heavy atom. The Kier molecular flexibility index (Phi) is 24.6. The summed E-state index contributed by atoms with van der Waals surface area (Å²) >= 11 is 3.17. The lowest BCUT2D eigenvalue weighted by molar-refractivity contribution is -0.146. The molecule has 0 aliphatic carbocycles. The van der Waals surface area contributed by atoms with Crippen LogP contribution in [0.3, 0.4) is 0 Å². The lowest BCUT2D eigenvalue weighted by atomic mass is 9.95. The minimum Gasteiger partial charge on any atom is -0.508 e. The van der Waals surface area contributed by atoms with Crippen LogP contribution in [0.5, 0.6) is 5.75 Å². The summed E-state index contributed by atoms with van der Waals surface area (Å²) in [4.78, 5) is 145. The summed E-state index contributed by atoms with van der Waals surface area (Å²) in [5.41, 5.74) is 8.97. The number of H-pyrrole nitrogens is 2. The first kappa shape index (κ1) is 71.4. The van der Waals surface area contributed by atoms with Crippen LogP contribution in [-0.4, -0.2) is 169 Å². The number of aromatic amines is 2. The van der Waals surface area contributed by atoms with Gasteiger partial charge in [-0.3, -0.25) is 43.2 Å². The maximum absolute atomic E-state index is 15.6. The molecule has 5 heterocycles. The maximum atomic E-state index is 15.6. The number of aromatic hydroxyl groups is 1. The van der Waals surface area contributed by atoms with Gasteiger partial charge in [0.2, 0.25) is 53.2 Å². The average Bonchev–Trinajstić information content (AvgIpc) is 1.54. The van der Waals surface area contributed by atoms with Crippen LogP contribution in [0.1, 0.15) is 91.8 Å². The fourth-order valence-corrected chi connectivity index (χ4v) is 14.6. The number of imidazole rings is 1. The van der Waals surface area contributed by atoms with Gasteiger partial charge in [0.25, 0.3) is 0 Å². The molecule has 0 radical (unpaired) electrons. The van der Waals surface area contributed by atoms with Gasteiger partial charge in [-0.25, -0.2) is 13.8 Å². The maximum Gasteiger partial charge on any atom is 0.246 e. The molecule has 3 aliphatic rings. The Bertz CT molecular complexity index is 4010. The van der Waals surface area contributed by atoms with Crippen LogP contribution in [0.25, 0.3) is 21.7 Å². The number of halogens is 2. The number of rotatable bonds is 12. The summed E-state index contributed by atoms with van der Waals surface area (Å²) in [6.07, 6.45) is 6.26. The Morgan fingerprint density at radius 2 is 1.32 bits per heavy atom. The second kappa shape index (κ2) is 33.8. The standard InChI is InChI=1S/C71H83F2N13O10S2/c1-71-23-7-27-86(71)69(95)59(31-43-14-19-52(87)20-15-43)83-66(92)58(36-51-38-75-42-79-51)82-67(93)61-13-6-26-85(61)68(94)60(32-47-11-5-10-46-16-17-49(72)34-53(46)47)84-65(91)57(33-48-37-77-55-21-18-50(73)35-54(48)55)81-63(89)39-78-64(90)56(12-2-3-24-74)80-62(88)22-28-97-40-44-8-4-9-45(30-44)41-98-29-25-76-70(71)96/h4-5,8-11,14-21,30,34-35,37-38,42,56-61,77,87H,2-3,6-7,12-13,22-29,31-33,36,39-41,74H2,1H3,(H,75,79)(H,76,96)(H,78,90)(H,80,88)(H,81,89)(H,82,93)(H,83,92)(H,84,91)/t56-,57-,58-,59-,60-,61-,71-/m0/s1. The molecule has 10 rings (SSSR count). The van der Waals surface area contributed by atoms with Crippen molar-refractivity contribution in [2.24, 2.45) is 5.73 Å². The van der Waals surface area contributed by atoms with Gasteiger partial charge in [0.1, 0.15) is 59.2 Å². The number of nitrogens with zero attached hydrogens (tertiary/aromatic N) is 3. The molecule has 98 heavy (non-hydrogen) atoms. The fraction of sp³-hybridized carbons (Fsp3) is 0.408. The van der Waals surface area contributed by atoms with Gasteiger partial charge in [-0.15, -0.1) is 0 Å². The van der Waals surface area contributed by atoms with Crippen LogP contribution >= 0.6 is 23.5 Å². The molecule has 3 aliphatic heterocycles. The SMILES string of the molecule is C[C@@]12CCCN1C(=O)[C@H](Cc1ccc(O)cc1)NC(=O)[C@H](Cc1cnc[nH]1)NC(=O)[C@@H]1CCCN1C(=O)[C@H](Cc1cccc3ccc(F)cc13)NC(=O)[C@H](Cc1c[nH]c3ccc(F)cc13)NC(=O)CNC(=O)[C@H](CCCCN)NC(=O)CCSCc1cccc(c1)CSCCNC2=O. The van der Waals surface area contributed by atoms with Crippen molar-refractivity contribution in [1.29, 1.82) is 0 Å². The number of thioether (sulfide) groups is 2. The number of phenolic OH excluding ortho intramolecular Hbond substituents is 1. The summed E-state index contributed by atoms with van der Waals surface area (Å²) in [5, 5.41) is 31.5. The van der Waals surface area contributed by atoms with Crippen molar-refractivity contribution >= 4 is 98.4 Å². The first-order valence-corrected chi connectivity index (χ1v) is 35.4. The van der Waals surface area contributed by atoms with Crippen molar-refractivity contribution in [1.82, 2.24) is 62.0 Å². The van der Waals surface area contributed by atoms with Gasteiger partial charge >= 0.3 is 0 Å². The number of unbranched alkanes of at least 4 members (excludes halogenated alkanes) is 1. The minimum atomic E-state index is -1.51. The molecule has 0 unspecified atom stereocenters. The Labute approximate surface area is 574 Å². The number of carbonyl (C=O) groups is 9. The topological polar surface area (TPSA) is 335 Å². The van der Waals surface area contributed by atoms with Gasteiger partial charge < -0.3 is 67.8 Å². The van der Waals surface area contributed by atoms with Gasteiger partial charge in [-0.2, -0.15) is 23.5 Å². The smallest absolute Gasteiger partial charge is 0.246 e. The number of hydrogen-bond acceptors (Lipinski definition) is 14. The van der Waals surface area contributed by atoms with Crippen LogP contribution in [-0.2, 0) is 80.3 Å². The summed E-state index contributed by atoms with van der Waals surface area (Å²) in [6.45, 7) is 1.90.